The Hall–Kier alpha value is -6.34. The number of piperidine rings is 4. The van der Waals surface area contributed by atoms with E-state index in [0.29, 0.717) is 23.3 Å². The quantitative estimate of drug-likeness (QED) is 0.227. The first-order chi connectivity index (χ1) is 34.1. The fourth-order valence-electron chi connectivity index (χ4n) is 10.6. The molecule has 7 heterocycles. The summed E-state index contributed by atoms with van der Waals surface area (Å²) in [6.45, 7) is 8.07. The number of amides is 6. The number of fused-ring (bicyclic) bond motifs is 5. The molecule has 19 heteroatoms. The van der Waals surface area contributed by atoms with E-state index in [4.69, 9.17) is 4.74 Å². The van der Waals surface area contributed by atoms with Crippen LogP contribution in [0.4, 0.5) is 0 Å². The Bertz CT molecular complexity index is 2490. The number of cyclic esters (lactones) is 1. The molecule has 4 N–H and O–H groups in total. The number of aryl methyl sites for hydroxylation is 1. The topological polar surface area (TPSA) is 228 Å². The van der Waals surface area contributed by atoms with Crippen molar-refractivity contribution in [3.05, 3.63) is 95.3 Å². The van der Waals surface area contributed by atoms with E-state index in [1.807, 2.05) is 31.2 Å². The second-order valence-electron chi connectivity index (χ2n) is 19.5. The summed E-state index contributed by atoms with van der Waals surface area (Å²) in [5, 5.41) is 18.8. The van der Waals surface area contributed by atoms with E-state index in [1.54, 1.807) is 49.0 Å². The highest BCUT2D eigenvalue weighted by Crippen LogP contribution is 2.37. The molecule has 0 aliphatic carbocycles. The normalized spacial score (nSPS) is 30.1. The summed E-state index contributed by atoms with van der Waals surface area (Å²) in [7, 11) is 1.52. The van der Waals surface area contributed by atoms with Crippen molar-refractivity contribution in [2.45, 2.75) is 113 Å². The van der Waals surface area contributed by atoms with Gasteiger partial charge in [0, 0.05) is 62.6 Å². The smallest absolute Gasteiger partial charge is 0.333 e. The minimum Gasteiger partial charge on any atom is -0.505 e. The highest BCUT2D eigenvalue weighted by Gasteiger charge is 2.48. The Kier molecular flexibility index (Phi) is 16.1. The monoisotopic (exact) mass is 992 g/mol. The van der Waals surface area contributed by atoms with E-state index < -0.39 is 101 Å². The van der Waals surface area contributed by atoms with Crippen molar-refractivity contribution in [2.24, 2.45) is 11.8 Å². The molecule has 378 valence electrons. The van der Waals surface area contributed by atoms with E-state index in [-0.39, 0.29) is 50.1 Å². The van der Waals surface area contributed by atoms with Crippen LogP contribution in [0.5, 0.6) is 5.75 Å². The van der Waals surface area contributed by atoms with Crippen molar-refractivity contribution in [1.82, 2.24) is 40.5 Å². The van der Waals surface area contributed by atoms with Crippen LogP contribution in [0.3, 0.4) is 0 Å². The molecular formula is C52H64N8O10S. The highest BCUT2D eigenvalue weighted by molar-refractivity contribution is 8.00. The fraction of sp³-hybridized carbons (Fsp3) is 0.519. The number of nitrogens with one attached hydrogen (secondary N) is 3. The molecule has 0 radical (unpaired) electrons. The minimum atomic E-state index is -1.69. The standard InChI is InChI=1S/C52H64N8O10S/c1-5-36-49(66)59-22-10-13-37(59)50(67)57(4)39(25-32-17-15-30(2)16-18-32)51(68)60-27-35(29-71-42-28-58-23-19-33(42)20-24-58)41(62)26-38(60)46(63)56-44(34-11-7-6-8-12-34)52(69)70-31(3)43(47(64)54-36)55-48(65)45-40(61)14-9-21-53-45/h6-9,11-12,14-18,21,31,33,35-39,42-44,61H,5,10,13,19-20,22-29H2,1-4H3,(H,54,64)(H,55,65)(H,56,63)/t31-,35+,36+,37+,38+,39+,42?,43+,44+/m1/s1. The number of carbonyl (C=O) groups excluding carboxylic acids is 8. The van der Waals surface area contributed by atoms with Gasteiger partial charge in [-0.15, -0.1) is 0 Å². The average molecular weight is 993 g/mol. The number of rotatable bonds is 9. The molecule has 0 saturated carbocycles. The van der Waals surface area contributed by atoms with E-state index in [1.165, 1.54) is 47.0 Å². The van der Waals surface area contributed by atoms with Crippen molar-refractivity contribution in [3.8, 4) is 5.75 Å². The number of hydrogen-bond acceptors (Lipinski definition) is 13. The maximum atomic E-state index is 15.6. The second kappa shape index (κ2) is 22.4. The number of benzene rings is 2. The molecule has 1 unspecified atom stereocenters. The van der Waals surface area contributed by atoms with Crippen LogP contribution in [0, 0.1) is 18.8 Å². The first-order valence-electron chi connectivity index (χ1n) is 24.7. The van der Waals surface area contributed by atoms with Gasteiger partial charge in [-0.05, 0) is 88.2 Å². The molecular weight excluding hydrogens is 929 g/mol. The second-order valence-corrected chi connectivity index (χ2v) is 20.8. The molecule has 2 bridgehead atoms. The van der Waals surface area contributed by atoms with Gasteiger partial charge in [0.1, 0.15) is 47.8 Å². The van der Waals surface area contributed by atoms with Crippen LogP contribution >= 0.6 is 11.8 Å². The van der Waals surface area contributed by atoms with Gasteiger partial charge in [0.15, 0.2) is 11.7 Å². The van der Waals surface area contributed by atoms with E-state index in [9.17, 15) is 38.7 Å². The third-order valence-corrected chi connectivity index (χ3v) is 16.4. The largest absolute Gasteiger partial charge is 0.505 e. The van der Waals surface area contributed by atoms with Crippen molar-refractivity contribution >= 4 is 59.0 Å². The third-order valence-electron chi connectivity index (χ3n) is 14.8. The predicted molar refractivity (Wildman–Crippen MR) is 262 cm³/mol. The molecule has 71 heavy (non-hydrogen) atoms. The molecule has 18 nitrogen and oxygen atoms in total. The van der Waals surface area contributed by atoms with Gasteiger partial charge in [0.05, 0.1) is 0 Å². The third kappa shape index (κ3) is 11.4. The molecule has 9 rings (SSSR count). The molecule has 6 aliphatic heterocycles. The number of nitrogens with zero attached hydrogens (tertiary/aromatic N) is 5. The molecule has 1 aromatic heterocycles. The first-order valence-corrected chi connectivity index (χ1v) is 25.8. The van der Waals surface area contributed by atoms with Crippen molar-refractivity contribution in [2.75, 3.05) is 45.5 Å². The lowest BCUT2D eigenvalue weighted by Crippen LogP contribution is -2.63. The van der Waals surface area contributed by atoms with Gasteiger partial charge in [-0.1, -0.05) is 67.1 Å². The Morgan fingerprint density at radius 3 is 2.25 bits per heavy atom. The van der Waals surface area contributed by atoms with Crippen LogP contribution in [0.2, 0.25) is 0 Å². The Morgan fingerprint density at radius 2 is 1.58 bits per heavy atom. The summed E-state index contributed by atoms with van der Waals surface area (Å²) in [5.41, 5.74) is 1.58. The lowest BCUT2D eigenvalue weighted by atomic mass is 9.88. The zero-order chi connectivity index (χ0) is 50.5. The van der Waals surface area contributed by atoms with Crippen LogP contribution < -0.4 is 16.0 Å². The fourth-order valence-corrected chi connectivity index (χ4v) is 12.2. The SMILES string of the molecule is CC[C@@H]1NC(=O)[C@@H](NC(=O)c2ncccc2O)[C@@H](C)OC(=O)[C@H](c2ccccc2)NC(=O)[C@@H]2CC(=O)[C@H](CSC3CN4CCC3CC4)CN2C(=O)[C@H](Cc2ccc(C)cc2)N(C)C(=O)[C@@H]2CCCN2C1=O. The summed E-state index contributed by atoms with van der Waals surface area (Å²) in [6.07, 6.45) is 2.46. The number of aromatic nitrogens is 1. The number of ketones is 1. The summed E-state index contributed by atoms with van der Waals surface area (Å²) < 4.78 is 5.96. The Labute approximate surface area is 418 Å². The molecule has 6 amide bonds. The van der Waals surface area contributed by atoms with Gasteiger partial charge in [0.25, 0.3) is 5.91 Å². The highest BCUT2D eigenvalue weighted by atomic mass is 32.2. The van der Waals surface area contributed by atoms with Crippen LogP contribution in [0.25, 0.3) is 0 Å². The molecule has 6 saturated heterocycles. The van der Waals surface area contributed by atoms with Crippen LogP contribution in [-0.2, 0) is 44.7 Å². The van der Waals surface area contributed by atoms with Gasteiger partial charge in [-0.3, -0.25) is 33.6 Å². The maximum absolute atomic E-state index is 15.6. The predicted octanol–water partition coefficient (Wildman–Crippen LogP) is 2.57. The lowest BCUT2D eigenvalue weighted by molar-refractivity contribution is -0.157. The van der Waals surface area contributed by atoms with E-state index >= 15 is 4.79 Å². The van der Waals surface area contributed by atoms with E-state index in [2.05, 4.69) is 25.8 Å². The number of esters is 1. The molecule has 3 aromatic rings. The van der Waals surface area contributed by atoms with Gasteiger partial charge in [0.2, 0.25) is 29.5 Å². The Balaban J connectivity index is 1.19. The molecule has 2 aromatic carbocycles. The van der Waals surface area contributed by atoms with Gasteiger partial charge in [-0.25, -0.2) is 9.78 Å². The van der Waals surface area contributed by atoms with Gasteiger partial charge in [-0.2, -0.15) is 11.8 Å². The molecule has 9 atom stereocenters. The number of likely N-dealkylation sites (N-methyl/N-ethyl adjacent to an activating group) is 1. The number of hydrogen-bond donors (Lipinski definition) is 4. The first kappa shape index (κ1) is 51.0. The van der Waals surface area contributed by atoms with Crippen LogP contribution in [-0.4, -0.2) is 164 Å². The molecule has 6 aliphatic rings. The number of ether oxygens (including phenoxy) is 1. The maximum Gasteiger partial charge on any atom is 0.333 e. The minimum absolute atomic E-state index is 0.0493. The summed E-state index contributed by atoms with van der Waals surface area (Å²) >= 11 is 1.73. The Morgan fingerprint density at radius 1 is 0.845 bits per heavy atom. The summed E-state index contributed by atoms with van der Waals surface area (Å²) in [6, 6.07) is 10.3. The lowest BCUT2D eigenvalue weighted by Gasteiger charge is -2.45. The summed E-state index contributed by atoms with van der Waals surface area (Å²) in [5.74, 6) is -5.77. The molecule has 6 fully saturated rings. The van der Waals surface area contributed by atoms with Crippen molar-refractivity contribution in [3.63, 3.8) is 0 Å². The average Bonchev–Trinajstić information content (AvgIpc) is 3.88. The van der Waals surface area contributed by atoms with E-state index in [0.717, 1.165) is 43.6 Å². The number of carbonyl (C=O) groups is 8. The number of pyridine rings is 1. The van der Waals surface area contributed by atoms with Gasteiger partial charge < -0.3 is 45.4 Å². The summed E-state index contributed by atoms with van der Waals surface area (Å²) in [4.78, 5) is 128. The van der Waals surface area contributed by atoms with Crippen molar-refractivity contribution < 1.29 is 48.2 Å². The number of Topliss-reactive ketones (excluding diaryl/α,β-unsaturated/α-hetero) is 1. The number of thioether (sulfide) groups is 1. The zero-order valence-corrected chi connectivity index (χ0v) is 41.5. The van der Waals surface area contributed by atoms with Crippen LogP contribution in [0.15, 0.2) is 72.9 Å². The van der Waals surface area contributed by atoms with Gasteiger partial charge >= 0.3 is 5.97 Å². The zero-order valence-electron chi connectivity index (χ0n) is 40.7. The number of aromatic hydroxyl groups is 1. The van der Waals surface area contributed by atoms with Crippen molar-refractivity contribution in [1.29, 1.82) is 0 Å². The molecule has 0 spiro atoms. The van der Waals surface area contributed by atoms with Crippen LogP contribution in [0.1, 0.15) is 85.6 Å².